The Bertz CT molecular complexity index is 197. The first kappa shape index (κ1) is 15.5. The number of hydrogen-bond acceptors (Lipinski definition) is 1. The van der Waals surface area contributed by atoms with Crippen molar-refractivity contribution in [2.45, 2.75) is 12.8 Å². The van der Waals surface area contributed by atoms with Gasteiger partial charge >= 0.3 is 27.0 Å². The van der Waals surface area contributed by atoms with E-state index in [-0.39, 0.29) is 7.43 Å². The minimum absolute atomic E-state index is 0. The van der Waals surface area contributed by atoms with Gasteiger partial charge < -0.3 is 21.3 Å². The summed E-state index contributed by atoms with van der Waals surface area (Å²) in [6.07, 6.45) is 1.52. The van der Waals surface area contributed by atoms with Crippen LogP contribution in [0.5, 0.6) is 0 Å². The summed E-state index contributed by atoms with van der Waals surface area (Å²) in [5.41, 5.74) is 2.09. The fourth-order valence-electron chi connectivity index (χ4n) is 0.808. The van der Waals surface area contributed by atoms with Gasteiger partial charge in [-0.3, -0.25) is 4.98 Å². The van der Waals surface area contributed by atoms with E-state index in [1.54, 1.807) is 17.3 Å². The predicted octanol–water partition coefficient (Wildman–Crippen LogP) is 2.70. The normalized spacial score (nSPS) is 8.08. The van der Waals surface area contributed by atoms with Crippen LogP contribution in [0.25, 0.3) is 0 Å². The van der Waals surface area contributed by atoms with Gasteiger partial charge in [0.25, 0.3) is 0 Å². The standard InChI is InChI=1S/C9H11N.CH3.ClH.Ru.H/c1-3-8-6-5-7-9(4-2)10-8;;;;/h5-7H,1-4H2;1H3;1H;;/q-2;-1;;+1;/p-1. The summed E-state index contributed by atoms with van der Waals surface area (Å²) in [7, 11) is 4.61. The molecule has 0 amide bonds. The number of nitrogens with zero attached hydrogens (tertiary/aromatic N) is 1. The third-order valence-corrected chi connectivity index (χ3v) is 1.38. The van der Waals surface area contributed by atoms with Crippen molar-refractivity contribution in [3.05, 3.63) is 50.9 Å². The van der Waals surface area contributed by atoms with E-state index in [0.29, 0.717) is 0 Å². The van der Waals surface area contributed by atoms with E-state index in [0.717, 1.165) is 24.2 Å². The Morgan fingerprint density at radius 1 is 1.15 bits per heavy atom. The van der Waals surface area contributed by atoms with Crippen LogP contribution in [0.15, 0.2) is 18.2 Å². The number of rotatable bonds is 2. The predicted molar refractivity (Wildman–Crippen MR) is 56.0 cm³/mol. The summed E-state index contributed by atoms with van der Waals surface area (Å²) in [4.78, 5) is 4.28. The van der Waals surface area contributed by atoms with Gasteiger partial charge in [-0.25, -0.2) is 0 Å². The van der Waals surface area contributed by atoms with E-state index < -0.39 is 0 Å². The maximum absolute atomic E-state index is 4.61. The van der Waals surface area contributed by atoms with Crippen molar-refractivity contribution < 1.29 is 17.3 Å². The van der Waals surface area contributed by atoms with Crippen LogP contribution >= 0.6 is 9.69 Å². The molecule has 1 heterocycles. The summed E-state index contributed by atoms with van der Waals surface area (Å²) < 4.78 is 0. The Labute approximate surface area is 95.6 Å². The van der Waals surface area contributed by atoms with Gasteiger partial charge in [0, 0.05) is 11.4 Å². The van der Waals surface area contributed by atoms with Gasteiger partial charge in [0.05, 0.1) is 0 Å². The molecule has 78 valence electrons. The van der Waals surface area contributed by atoms with Gasteiger partial charge in [0.2, 0.25) is 0 Å². The number of hydrogen-bond donors (Lipinski definition) is 0. The van der Waals surface area contributed by atoms with Crippen molar-refractivity contribution in [1.82, 2.24) is 4.98 Å². The zero-order chi connectivity index (χ0) is 9.40. The van der Waals surface area contributed by atoms with Crippen LogP contribution in [0.4, 0.5) is 0 Å². The van der Waals surface area contributed by atoms with Crippen LogP contribution in [0, 0.1) is 21.3 Å². The first-order valence-corrected chi connectivity index (χ1v) is 5.93. The molecule has 0 fully saturated rings. The minimum atomic E-state index is 0. The summed E-state index contributed by atoms with van der Waals surface area (Å²) in [6.45, 7) is 7.50. The second-order valence-electron chi connectivity index (χ2n) is 2.12. The molecule has 0 unspecified atom stereocenters. The zero-order valence-electron chi connectivity index (χ0n) is 7.76. The average molecular weight is 286 g/mol. The molecule has 13 heavy (non-hydrogen) atoms. The average Bonchev–Trinajstić information content (AvgIpc) is 2.21. The summed E-state index contributed by atoms with van der Waals surface area (Å²) in [5, 5.41) is 0. The van der Waals surface area contributed by atoms with Gasteiger partial charge in [-0.15, -0.1) is 12.8 Å². The molecule has 0 saturated heterocycles. The van der Waals surface area contributed by atoms with Crippen LogP contribution < -0.4 is 0 Å². The maximum atomic E-state index is 4.61. The molecule has 0 N–H and O–H groups in total. The molecule has 0 atom stereocenters. The molecule has 3 heteroatoms. The first-order chi connectivity index (χ1) is 5.86. The molecule has 0 radical (unpaired) electrons. The molecule has 1 aromatic heterocycles. The van der Waals surface area contributed by atoms with Gasteiger partial charge in [0.1, 0.15) is 0 Å². The van der Waals surface area contributed by atoms with E-state index in [1.807, 2.05) is 18.2 Å². The third-order valence-electron chi connectivity index (χ3n) is 1.38. The molecule has 0 aromatic carbocycles. The molecule has 0 aliphatic heterocycles. The number of pyridine rings is 1. The summed E-state index contributed by atoms with van der Waals surface area (Å²) in [6, 6.07) is 5.95. The quantitative estimate of drug-likeness (QED) is 0.601. The Balaban J connectivity index is 0. The van der Waals surface area contributed by atoms with Crippen LogP contribution in [0.1, 0.15) is 11.4 Å². The first-order valence-electron chi connectivity index (χ1n) is 3.54. The summed E-state index contributed by atoms with van der Waals surface area (Å²) in [5.74, 6) is 0. The van der Waals surface area contributed by atoms with E-state index in [4.69, 9.17) is 0 Å². The van der Waals surface area contributed by atoms with Gasteiger partial charge in [-0.1, -0.05) is 6.07 Å². The monoisotopic (exact) mass is 286 g/mol. The van der Waals surface area contributed by atoms with Crippen molar-refractivity contribution in [3.63, 3.8) is 0 Å². The van der Waals surface area contributed by atoms with Crippen LogP contribution in [0.2, 0.25) is 0 Å². The topological polar surface area (TPSA) is 12.9 Å². The molecule has 0 aliphatic rings. The van der Waals surface area contributed by atoms with E-state index in [9.17, 15) is 0 Å². The van der Waals surface area contributed by atoms with E-state index >= 15 is 0 Å². The van der Waals surface area contributed by atoms with Crippen molar-refractivity contribution in [2.75, 3.05) is 0 Å². The van der Waals surface area contributed by atoms with Crippen molar-refractivity contribution in [1.29, 1.82) is 0 Å². The molecule has 0 spiro atoms. The molecule has 0 saturated carbocycles. The second-order valence-corrected chi connectivity index (χ2v) is 2.12. The fraction of sp³-hybridized carbons (Fsp3) is 0.200. The Kier molecular flexibility index (Phi) is 12.1. The van der Waals surface area contributed by atoms with Gasteiger partial charge in [-0.05, 0) is 12.1 Å². The van der Waals surface area contributed by atoms with Crippen molar-refractivity contribution in [3.8, 4) is 0 Å². The van der Waals surface area contributed by atoms with Crippen molar-refractivity contribution in [2.24, 2.45) is 0 Å². The molecule has 1 nitrogen and oxygen atoms in total. The summed E-state index contributed by atoms with van der Waals surface area (Å²) >= 11 is 1.62. The Morgan fingerprint density at radius 3 is 1.85 bits per heavy atom. The Hall–Kier alpha value is 0.0634. The van der Waals surface area contributed by atoms with Crippen LogP contribution in [-0.4, -0.2) is 4.98 Å². The number of halogens is 1. The second kappa shape index (κ2) is 10.1. The molecular formula is C10H15ClNRu-3. The molecule has 0 bridgehead atoms. The van der Waals surface area contributed by atoms with E-state index in [1.165, 1.54) is 0 Å². The van der Waals surface area contributed by atoms with Gasteiger partial charge in [0.15, 0.2) is 0 Å². The van der Waals surface area contributed by atoms with Crippen LogP contribution in [-0.2, 0) is 30.2 Å². The van der Waals surface area contributed by atoms with Gasteiger partial charge in [-0.2, -0.15) is 0 Å². The molecular weight excluding hydrogens is 271 g/mol. The Morgan fingerprint density at radius 2 is 1.54 bits per heavy atom. The molecule has 0 aliphatic carbocycles. The molecule has 1 aromatic rings. The SMILES string of the molecule is [CH2-]Cc1cccc(C[CH2-])n1.[CH3-].[Cl][RuH]. The van der Waals surface area contributed by atoms with Crippen molar-refractivity contribution >= 4 is 9.69 Å². The third kappa shape index (κ3) is 6.18. The van der Waals surface area contributed by atoms with E-state index in [2.05, 4.69) is 28.5 Å². The fourth-order valence-corrected chi connectivity index (χ4v) is 0.808. The molecule has 1 rings (SSSR count). The number of aromatic nitrogens is 1. The van der Waals surface area contributed by atoms with Crippen LogP contribution in [0.3, 0.4) is 0 Å². The zero-order valence-corrected chi connectivity index (χ0v) is 10.4.